The Kier molecular flexibility index (Phi) is 7.22. The summed E-state index contributed by atoms with van der Waals surface area (Å²) in [5, 5.41) is 19.3. The highest BCUT2D eigenvalue weighted by Gasteiger charge is 2.46. The van der Waals surface area contributed by atoms with Gasteiger partial charge in [0.15, 0.2) is 6.29 Å². The monoisotopic (exact) mass is 274 g/mol. The van der Waals surface area contributed by atoms with Crippen molar-refractivity contribution in [3.8, 4) is 0 Å². The molecule has 1 aliphatic rings. The Labute approximate surface area is 113 Å². The van der Waals surface area contributed by atoms with Crippen LogP contribution in [-0.2, 0) is 18.9 Å². The van der Waals surface area contributed by atoms with E-state index in [4.69, 9.17) is 18.9 Å². The van der Waals surface area contributed by atoms with Gasteiger partial charge in [0, 0.05) is 7.11 Å². The number of methoxy groups -OCH3 is 1. The number of ether oxygens (including phenoxy) is 4. The molecule has 0 aromatic rings. The second kappa shape index (κ2) is 8.42. The smallest absolute Gasteiger partial charge is 0.186 e. The van der Waals surface area contributed by atoms with E-state index in [0.29, 0.717) is 0 Å². The summed E-state index contributed by atoms with van der Waals surface area (Å²) in [6.45, 7) is 7.33. The summed E-state index contributed by atoms with van der Waals surface area (Å²) in [6.07, 6.45) is -0.635. The van der Waals surface area contributed by atoms with Crippen LogP contribution in [0.5, 0.6) is 0 Å². The third kappa shape index (κ3) is 4.10. The average molecular weight is 274 g/mol. The van der Waals surface area contributed by atoms with Gasteiger partial charge in [0.1, 0.15) is 24.4 Å². The first-order valence-corrected chi connectivity index (χ1v) is 6.11. The molecular weight excluding hydrogens is 252 g/mol. The van der Waals surface area contributed by atoms with Crippen LogP contribution in [0.1, 0.15) is 0 Å². The molecule has 0 spiro atoms. The minimum Gasteiger partial charge on any atom is -0.394 e. The van der Waals surface area contributed by atoms with Gasteiger partial charge in [0.25, 0.3) is 0 Å². The Balaban J connectivity index is 2.83. The normalized spacial score (nSPS) is 35.0. The summed E-state index contributed by atoms with van der Waals surface area (Å²) in [7, 11) is 1.46. The zero-order chi connectivity index (χ0) is 14.3. The quantitative estimate of drug-likeness (QED) is 0.600. The topological polar surface area (TPSA) is 77.4 Å². The SMILES string of the molecule is C=CCO[C@H]1[C@@H](OC)O[C@H](CO)[C@@H](O)[C@@H]1OCC=C. The fourth-order valence-electron chi connectivity index (χ4n) is 1.96. The molecule has 6 nitrogen and oxygen atoms in total. The van der Waals surface area contributed by atoms with Crippen LogP contribution < -0.4 is 0 Å². The Morgan fingerprint density at radius 2 is 1.74 bits per heavy atom. The number of hydrogen-bond acceptors (Lipinski definition) is 6. The van der Waals surface area contributed by atoms with Crippen molar-refractivity contribution in [1.29, 1.82) is 0 Å². The summed E-state index contributed by atoms with van der Waals surface area (Å²) < 4.78 is 21.7. The molecule has 1 rings (SSSR count). The van der Waals surface area contributed by atoms with Crippen molar-refractivity contribution in [3.05, 3.63) is 25.3 Å². The van der Waals surface area contributed by atoms with Gasteiger partial charge in [0.2, 0.25) is 0 Å². The van der Waals surface area contributed by atoms with E-state index in [0.717, 1.165) is 0 Å². The maximum atomic E-state index is 10.1. The zero-order valence-corrected chi connectivity index (χ0v) is 11.1. The Hall–Kier alpha value is -0.760. The molecule has 0 saturated carbocycles. The van der Waals surface area contributed by atoms with Crippen LogP contribution in [0, 0.1) is 0 Å². The van der Waals surface area contributed by atoms with Crippen LogP contribution in [0.3, 0.4) is 0 Å². The van der Waals surface area contributed by atoms with Crippen molar-refractivity contribution >= 4 is 0 Å². The lowest BCUT2D eigenvalue weighted by molar-refractivity contribution is -0.307. The fourth-order valence-corrected chi connectivity index (χ4v) is 1.96. The predicted octanol–water partition coefficient (Wildman–Crippen LogP) is -0.147. The molecule has 5 atom stereocenters. The second-order valence-corrected chi connectivity index (χ2v) is 4.13. The van der Waals surface area contributed by atoms with E-state index in [1.165, 1.54) is 7.11 Å². The predicted molar refractivity (Wildman–Crippen MR) is 68.6 cm³/mol. The Bertz CT molecular complexity index is 282. The molecule has 110 valence electrons. The summed E-state index contributed by atoms with van der Waals surface area (Å²) in [4.78, 5) is 0. The van der Waals surface area contributed by atoms with Crippen molar-refractivity contribution in [1.82, 2.24) is 0 Å². The zero-order valence-electron chi connectivity index (χ0n) is 11.1. The minimum absolute atomic E-state index is 0.254. The molecule has 0 unspecified atom stereocenters. The highest BCUT2D eigenvalue weighted by atomic mass is 16.7. The second-order valence-electron chi connectivity index (χ2n) is 4.13. The first kappa shape index (κ1) is 16.3. The van der Waals surface area contributed by atoms with Gasteiger partial charge < -0.3 is 29.2 Å². The lowest BCUT2D eigenvalue weighted by atomic mass is 9.98. The average Bonchev–Trinajstić information content (AvgIpc) is 2.44. The van der Waals surface area contributed by atoms with Crippen LogP contribution in [0.2, 0.25) is 0 Å². The minimum atomic E-state index is -1.01. The van der Waals surface area contributed by atoms with Gasteiger partial charge in [-0.3, -0.25) is 0 Å². The van der Waals surface area contributed by atoms with Crippen LogP contribution in [0.25, 0.3) is 0 Å². The molecular formula is C13H22O6. The maximum absolute atomic E-state index is 10.1. The molecule has 1 aliphatic heterocycles. The van der Waals surface area contributed by atoms with E-state index in [1.807, 2.05) is 0 Å². The lowest BCUT2D eigenvalue weighted by Gasteiger charge is -2.43. The van der Waals surface area contributed by atoms with Crippen molar-refractivity contribution in [2.45, 2.75) is 30.7 Å². The largest absolute Gasteiger partial charge is 0.394 e. The molecule has 19 heavy (non-hydrogen) atoms. The molecule has 0 aromatic carbocycles. The fraction of sp³-hybridized carbons (Fsp3) is 0.692. The highest BCUT2D eigenvalue weighted by molar-refractivity contribution is 4.92. The molecule has 6 heteroatoms. The molecule has 0 amide bonds. The number of rotatable bonds is 8. The van der Waals surface area contributed by atoms with Crippen molar-refractivity contribution in [3.63, 3.8) is 0 Å². The van der Waals surface area contributed by atoms with E-state index in [9.17, 15) is 10.2 Å². The molecule has 1 saturated heterocycles. The van der Waals surface area contributed by atoms with E-state index >= 15 is 0 Å². The maximum Gasteiger partial charge on any atom is 0.186 e. The van der Waals surface area contributed by atoms with Gasteiger partial charge >= 0.3 is 0 Å². The number of aliphatic hydroxyl groups excluding tert-OH is 2. The lowest BCUT2D eigenvalue weighted by Crippen LogP contribution is -2.60. The van der Waals surface area contributed by atoms with Gasteiger partial charge in [-0.1, -0.05) is 12.2 Å². The van der Waals surface area contributed by atoms with Crippen molar-refractivity contribution in [2.24, 2.45) is 0 Å². The molecule has 1 heterocycles. The van der Waals surface area contributed by atoms with Gasteiger partial charge in [-0.2, -0.15) is 0 Å². The van der Waals surface area contributed by atoms with Gasteiger partial charge in [-0.05, 0) is 0 Å². The van der Waals surface area contributed by atoms with E-state index in [-0.39, 0.29) is 19.8 Å². The van der Waals surface area contributed by atoms with Gasteiger partial charge in [-0.25, -0.2) is 0 Å². The third-order valence-corrected chi connectivity index (χ3v) is 2.84. The van der Waals surface area contributed by atoms with Gasteiger partial charge in [-0.15, -0.1) is 13.2 Å². The first-order valence-electron chi connectivity index (χ1n) is 6.11. The summed E-state index contributed by atoms with van der Waals surface area (Å²) in [5.74, 6) is 0. The highest BCUT2D eigenvalue weighted by Crippen LogP contribution is 2.26. The van der Waals surface area contributed by atoms with Crippen molar-refractivity contribution in [2.75, 3.05) is 26.9 Å². The molecule has 0 bridgehead atoms. The standard InChI is InChI=1S/C13H22O6/c1-4-6-17-11-10(15)9(8-14)19-13(16-3)12(11)18-7-5-2/h4-5,9-15H,1-2,6-8H2,3H3/t9-,10-,11+,12-,13+/m1/s1. The Morgan fingerprint density at radius 3 is 2.21 bits per heavy atom. The molecule has 1 fully saturated rings. The summed E-state index contributed by atoms with van der Waals surface area (Å²) in [6, 6.07) is 0. The Morgan fingerprint density at radius 1 is 1.16 bits per heavy atom. The van der Waals surface area contributed by atoms with E-state index < -0.39 is 30.7 Å². The van der Waals surface area contributed by atoms with Crippen LogP contribution in [-0.4, -0.2) is 67.8 Å². The van der Waals surface area contributed by atoms with Crippen LogP contribution >= 0.6 is 0 Å². The van der Waals surface area contributed by atoms with Gasteiger partial charge in [0.05, 0.1) is 19.8 Å². The molecule has 0 aromatic heterocycles. The molecule has 0 radical (unpaired) electrons. The van der Waals surface area contributed by atoms with Crippen molar-refractivity contribution < 1.29 is 29.2 Å². The summed E-state index contributed by atoms with van der Waals surface area (Å²) >= 11 is 0. The molecule has 2 N–H and O–H groups in total. The first-order chi connectivity index (χ1) is 9.19. The summed E-state index contributed by atoms with van der Waals surface area (Å²) in [5.41, 5.74) is 0. The third-order valence-electron chi connectivity index (χ3n) is 2.84. The molecule has 0 aliphatic carbocycles. The number of aliphatic hydroxyl groups is 2. The van der Waals surface area contributed by atoms with Crippen LogP contribution in [0.4, 0.5) is 0 Å². The van der Waals surface area contributed by atoms with Crippen LogP contribution in [0.15, 0.2) is 25.3 Å². The number of hydrogen-bond donors (Lipinski definition) is 2. The van der Waals surface area contributed by atoms with E-state index in [2.05, 4.69) is 13.2 Å². The van der Waals surface area contributed by atoms with E-state index in [1.54, 1.807) is 12.2 Å².